The van der Waals surface area contributed by atoms with Gasteiger partial charge in [0.2, 0.25) is 0 Å². The molecule has 2 aromatic carbocycles. The molecule has 1 aromatic heterocycles. The molecule has 4 aliphatic rings. The number of hydrogen-bond acceptors (Lipinski definition) is 3. The minimum absolute atomic E-state index is 0.157. The summed E-state index contributed by atoms with van der Waals surface area (Å²) in [6.45, 7) is 0.603. The highest BCUT2D eigenvalue weighted by Crippen LogP contribution is 2.49. The predicted molar refractivity (Wildman–Crippen MR) is 129 cm³/mol. The smallest absolute Gasteiger partial charge is 0.254 e. The molecule has 2 heterocycles. The van der Waals surface area contributed by atoms with Crippen molar-refractivity contribution in [3.63, 3.8) is 0 Å². The number of amides is 2. The second-order valence-corrected chi connectivity index (χ2v) is 9.87. The number of fused-ring (bicyclic) bond motifs is 2. The molecular weight excluding hydrogens is 457 g/mol. The Kier molecular flexibility index (Phi) is 4.93. The van der Waals surface area contributed by atoms with Gasteiger partial charge in [0.15, 0.2) is 0 Å². The zero-order valence-corrected chi connectivity index (χ0v) is 19.2. The van der Waals surface area contributed by atoms with Gasteiger partial charge in [0, 0.05) is 29.2 Å². The standard InChI is InChI=1S/C26H21Cl2N3O2/c27-20-10-5-15(11-21(20)28)13-30-14-18(19-3-1-2-4-22(19)30)12-29-31-25(32)23-16-6-7-17(9-8-16)24(23)26(31)33/h1-7,10-12,14,16-17,23-24H,8-9,13H2/b29-12-/t16-,17-,23+,24+/m0/s1. The number of allylic oxidation sites excluding steroid dienone is 2. The average molecular weight is 478 g/mol. The van der Waals surface area contributed by atoms with Crippen molar-refractivity contribution in [3.05, 3.63) is 82.0 Å². The number of para-hydroxylation sites is 1. The molecule has 0 unspecified atom stereocenters. The van der Waals surface area contributed by atoms with Gasteiger partial charge in [-0.3, -0.25) is 9.59 Å². The Labute approximate surface area is 201 Å². The molecule has 166 valence electrons. The third kappa shape index (κ3) is 3.33. The van der Waals surface area contributed by atoms with Crippen molar-refractivity contribution in [3.8, 4) is 0 Å². The van der Waals surface area contributed by atoms with Gasteiger partial charge in [-0.05, 0) is 48.4 Å². The van der Waals surface area contributed by atoms with Crippen LogP contribution in [-0.2, 0) is 16.1 Å². The van der Waals surface area contributed by atoms with Gasteiger partial charge in [0.25, 0.3) is 11.8 Å². The van der Waals surface area contributed by atoms with Crippen LogP contribution in [-0.4, -0.2) is 27.6 Å². The van der Waals surface area contributed by atoms with Crippen LogP contribution in [0.2, 0.25) is 10.0 Å². The first-order valence-electron chi connectivity index (χ1n) is 11.1. The Bertz CT molecular complexity index is 1330. The highest BCUT2D eigenvalue weighted by atomic mass is 35.5. The van der Waals surface area contributed by atoms with Crippen molar-refractivity contribution in [2.24, 2.45) is 28.8 Å². The van der Waals surface area contributed by atoms with Gasteiger partial charge >= 0.3 is 0 Å². The molecule has 1 aliphatic heterocycles. The monoisotopic (exact) mass is 477 g/mol. The van der Waals surface area contributed by atoms with E-state index in [9.17, 15) is 9.59 Å². The molecule has 3 aliphatic carbocycles. The molecule has 7 rings (SSSR count). The van der Waals surface area contributed by atoms with Gasteiger partial charge in [0.1, 0.15) is 0 Å². The fraction of sp³-hybridized carbons (Fsp3) is 0.269. The van der Waals surface area contributed by atoms with E-state index in [0.717, 1.165) is 39.9 Å². The number of carbonyl (C=O) groups is 2. The molecule has 3 aromatic rings. The molecule has 5 nitrogen and oxygen atoms in total. The van der Waals surface area contributed by atoms with E-state index in [0.29, 0.717) is 16.6 Å². The van der Waals surface area contributed by atoms with Crippen LogP contribution in [0.25, 0.3) is 10.9 Å². The van der Waals surface area contributed by atoms with Gasteiger partial charge in [-0.25, -0.2) is 0 Å². The normalized spacial score (nSPS) is 26.2. The average Bonchev–Trinajstić information content (AvgIpc) is 3.31. The van der Waals surface area contributed by atoms with Crippen LogP contribution < -0.4 is 0 Å². The van der Waals surface area contributed by atoms with E-state index in [2.05, 4.69) is 21.8 Å². The minimum atomic E-state index is -0.255. The molecule has 4 atom stereocenters. The second kappa shape index (κ2) is 7.86. The number of nitrogens with zero attached hydrogens (tertiary/aromatic N) is 3. The van der Waals surface area contributed by atoms with Crippen LogP contribution in [0.4, 0.5) is 0 Å². The highest BCUT2D eigenvalue weighted by Gasteiger charge is 2.56. The van der Waals surface area contributed by atoms with Gasteiger partial charge in [-0.1, -0.05) is 59.6 Å². The number of rotatable bonds is 4. The van der Waals surface area contributed by atoms with Crippen molar-refractivity contribution < 1.29 is 9.59 Å². The summed E-state index contributed by atoms with van der Waals surface area (Å²) in [5, 5.41) is 7.55. The predicted octanol–water partition coefficient (Wildman–Crippen LogP) is 5.53. The van der Waals surface area contributed by atoms with Crippen molar-refractivity contribution in [2.45, 2.75) is 19.4 Å². The van der Waals surface area contributed by atoms with Crippen LogP contribution in [0.3, 0.4) is 0 Å². The van der Waals surface area contributed by atoms with Gasteiger partial charge in [-0.15, -0.1) is 0 Å². The molecule has 0 N–H and O–H groups in total. The van der Waals surface area contributed by atoms with E-state index in [1.807, 2.05) is 42.6 Å². The minimum Gasteiger partial charge on any atom is -0.342 e. The van der Waals surface area contributed by atoms with Gasteiger partial charge in [0.05, 0.1) is 28.1 Å². The van der Waals surface area contributed by atoms with Crippen LogP contribution in [0.15, 0.2) is 65.9 Å². The lowest BCUT2D eigenvalue weighted by atomic mass is 9.63. The Morgan fingerprint density at radius 3 is 2.30 bits per heavy atom. The first kappa shape index (κ1) is 20.7. The van der Waals surface area contributed by atoms with Crippen molar-refractivity contribution in [2.75, 3.05) is 0 Å². The highest BCUT2D eigenvalue weighted by molar-refractivity contribution is 6.42. The fourth-order valence-electron chi connectivity index (χ4n) is 5.64. The molecule has 2 amide bonds. The Morgan fingerprint density at radius 2 is 1.64 bits per heavy atom. The van der Waals surface area contributed by atoms with Crippen LogP contribution >= 0.6 is 23.2 Å². The van der Waals surface area contributed by atoms with Gasteiger partial charge in [-0.2, -0.15) is 10.1 Å². The molecular formula is C26H21Cl2N3O2. The van der Waals surface area contributed by atoms with Crippen LogP contribution in [0, 0.1) is 23.7 Å². The Balaban J connectivity index is 1.32. The van der Waals surface area contributed by atoms with Crippen LogP contribution in [0.1, 0.15) is 24.0 Å². The number of aromatic nitrogens is 1. The quantitative estimate of drug-likeness (QED) is 0.282. The third-order valence-electron chi connectivity index (χ3n) is 7.20. The maximum Gasteiger partial charge on any atom is 0.254 e. The van der Waals surface area contributed by atoms with Crippen LogP contribution in [0.5, 0.6) is 0 Å². The SMILES string of the molecule is O=C1[C@H]2[C@H](C(=O)N1/N=C\c1cn(Cc3ccc(Cl)c(Cl)c3)c3ccccc13)[C@H]1C=C[C@H]2CC1. The zero-order chi connectivity index (χ0) is 22.7. The first-order chi connectivity index (χ1) is 16.0. The molecule has 2 fully saturated rings. The second-order valence-electron chi connectivity index (χ2n) is 9.05. The summed E-state index contributed by atoms with van der Waals surface area (Å²) in [4.78, 5) is 26.1. The lowest BCUT2D eigenvalue weighted by molar-refractivity contribution is -0.140. The maximum absolute atomic E-state index is 13.1. The maximum atomic E-state index is 13.1. The summed E-state index contributed by atoms with van der Waals surface area (Å²) in [6.07, 6.45) is 9.80. The van der Waals surface area contributed by atoms with E-state index in [1.54, 1.807) is 12.3 Å². The summed E-state index contributed by atoms with van der Waals surface area (Å²) in [7, 11) is 0. The molecule has 0 spiro atoms. The summed E-state index contributed by atoms with van der Waals surface area (Å²) in [5.74, 6) is -0.530. The van der Waals surface area contributed by atoms with E-state index in [4.69, 9.17) is 23.2 Å². The summed E-state index contributed by atoms with van der Waals surface area (Å²) in [5.41, 5.74) is 2.90. The largest absolute Gasteiger partial charge is 0.342 e. The van der Waals surface area contributed by atoms with E-state index in [-0.39, 0.29) is 35.5 Å². The summed E-state index contributed by atoms with van der Waals surface area (Å²) < 4.78 is 2.10. The third-order valence-corrected chi connectivity index (χ3v) is 7.94. The molecule has 33 heavy (non-hydrogen) atoms. The number of benzene rings is 2. The Hall–Kier alpha value is -2.89. The summed E-state index contributed by atoms with van der Waals surface area (Å²) in [6, 6.07) is 13.6. The number of carbonyl (C=O) groups excluding carboxylic acids is 2. The molecule has 0 radical (unpaired) electrons. The van der Waals surface area contributed by atoms with E-state index >= 15 is 0 Å². The zero-order valence-electron chi connectivity index (χ0n) is 17.7. The van der Waals surface area contributed by atoms with Crippen molar-refractivity contribution in [1.82, 2.24) is 9.58 Å². The van der Waals surface area contributed by atoms with Crippen molar-refractivity contribution >= 4 is 52.1 Å². The fourth-order valence-corrected chi connectivity index (χ4v) is 5.96. The first-order valence-corrected chi connectivity index (χ1v) is 11.9. The van der Waals surface area contributed by atoms with Gasteiger partial charge < -0.3 is 4.57 Å². The lowest BCUT2D eigenvalue weighted by Gasteiger charge is -2.37. The topological polar surface area (TPSA) is 54.7 Å². The molecule has 2 bridgehead atoms. The molecule has 7 heteroatoms. The van der Waals surface area contributed by atoms with Crippen molar-refractivity contribution in [1.29, 1.82) is 0 Å². The van der Waals surface area contributed by atoms with E-state index in [1.165, 1.54) is 0 Å². The van der Waals surface area contributed by atoms with E-state index < -0.39 is 0 Å². The number of hydrazone groups is 1. The summed E-state index contributed by atoms with van der Waals surface area (Å²) >= 11 is 12.3. The molecule has 1 saturated carbocycles. The number of imide groups is 1. The Morgan fingerprint density at radius 1 is 0.939 bits per heavy atom. The lowest BCUT2D eigenvalue weighted by Crippen LogP contribution is -2.38. The number of halogens is 2. The number of hydrogen-bond donors (Lipinski definition) is 0. The molecule has 1 saturated heterocycles.